The van der Waals surface area contributed by atoms with Gasteiger partial charge in [-0.3, -0.25) is 4.79 Å². The topological polar surface area (TPSA) is 66.3 Å². The number of benzene rings is 2. The van der Waals surface area contributed by atoms with E-state index in [0.29, 0.717) is 12.1 Å². The maximum absolute atomic E-state index is 13.4. The van der Waals surface area contributed by atoms with Crippen LogP contribution in [0.1, 0.15) is 38.3 Å². The Labute approximate surface area is 170 Å². The van der Waals surface area contributed by atoms with Gasteiger partial charge >= 0.3 is 0 Å². The first kappa shape index (κ1) is 17.9. The first-order valence-corrected chi connectivity index (χ1v) is 10.00. The number of carbonyl (C=O) groups excluding carboxylic acids is 1. The van der Waals surface area contributed by atoms with Gasteiger partial charge in [-0.2, -0.15) is 0 Å². The smallest absolute Gasteiger partial charge is 0.163 e. The van der Waals surface area contributed by atoms with Crippen LogP contribution < -0.4 is 10.6 Å². The number of hydrogen-bond acceptors (Lipinski definition) is 4. The molecule has 5 heteroatoms. The first-order chi connectivity index (χ1) is 13.8. The summed E-state index contributed by atoms with van der Waals surface area (Å²) in [5.74, 6) is 0.331. The Hall–Kier alpha value is -3.21. The van der Waals surface area contributed by atoms with Crippen molar-refractivity contribution in [1.29, 1.82) is 0 Å². The van der Waals surface area contributed by atoms with Crippen LogP contribution in [0.15, 0.2) is 59.9 Å². The van der Waals surface area contributed by atoms with Gasteiger partial charge in [0.1, 0.15) is 11.4 Å². The lowest BCUT2D eigenvalue weighted by Crippen LogP contribution is -2.31. The molecule has 3 aromatic rings. The van der Waals surface area contributed by atoms with Crippen molar-refractivity contribution in [3.8, 4) is 5.75 Å². The van der Waals surface area contributed by atoms with Gasteiger partial charge in [-0.15, -0.1) is 0 Å². The van der Waals surface area contributed by atoms with E-state index in [1.54, 1.807) is 6.07 Å². The average molecular weight is 387 g/mol. The van der Waals surface area contributed by atoms with Gasteiger partial charge in [-0.25, -0.2) is 0 Å². The monoisotopic (exact) mass is 387 g/mol. The number of allylic oxidation sites excluding steroid dienone is 1. The van der Waals surface area contributed by atoms with Gasteiger partial charge in [0.15, 0.2) is 5.78 Å². The molecule has 5 nitrogen and oxygen atoms in total. The number of anilines is 2. The Morgan fingerprint density at radius 3 is 2.72 bits per heavy atom. The molecule has 0 bridgehead atoms. The minimum absolute atomic E-state index is 0.124. The minimum atomic E-state index is -0.282. The number of Topliss-reactive ketones (excluding diaryl/α,β-unsaturated/α-hetero) is 1. The zero-order valence-electron chi connectivity index (χ0n) is 16.9. The van der Waals surface area contributed by atoms with Gasteiger partial charge in [-0.05, 0) is 30.0 Å². The Morgan fingerprint density at radius 1 is 1.10 bits per heavy atom. The number of phenols is 1. The summed E-state index contributed by atoms with van der Waals surface area (Å²) in [4.78, 5) is 13.4. The second-order valence-corrected chi connectivity index (χ2v) is 8.95. The summed E-state index contributed by atoms with van der Waals surface area (Å²) >= 11 is 0. The van der Waals surface area contributed by atoms with Crippen molar-refractivity contribution in [2.24, 2.45) is 12.5 Å². The number of nitrogens with zero attached hydrogens (tertiary/aromatic N) is 1. The number of ketones is 1. The number of aromatic hydroxyl groups is 1. The van der Waals surface area contributed by atoms with E-state index in [9.17, 15) is 9.90 Å². The fourth-order valence-electron chi connectivity index (χ4n) is 4.79. The number of hydrogen-bond donors (Lipinski definition) is 3. The Kier molecular flexibility index (Phi) is 3.78. The fourth-order valence-corrected chi connectivity index (χ4v) is 4.79. The molecule has 1 aliphatic heterocycles. The fraction of sp³-hybridized carbons (Fsp3) is 0.292. The van der Waals surface area contributed by atoms with Crippen LogP contribution in [-0.4, -0.2) is 15.5 Å². The molecule has 0 spiro atoms. The summed E-state index contributed by atoms with van der Waals surface area (Å²) in [5.41, 5.74) is 5.18. The highest BCUT2D eigenvalue weighted by molar-refractivity contribution is 6.02. The maximum atomic E-state index is 13.4. The van der Waals surface area contributed by atoms with Crippen LogP contribution in [0.25, 0.3) is 10.9 Å². The van der Waals surface area contributed by atoms with Crippen LogP contribution >= 0.6 is 0 Å². The number of para-hydroxylation sites is 2. The molecule has 1 unspecified atom stereocenters. The summed E-state index contributed by atoms with van der Waals surface area (Å²) in [6.45, 7) is 4.24. The number of phenolic OH excluding ortho intramolecular Hbond substituents is 1. The molecule has 0 amide bonds. The predicted octanol–water partition coefficient (Wildman–Crippen LogP) is 5.11. The average Bonchev–Trinajstić information content (AvgIpc) is 2.89. The highest BCUT2D eigenvalue weighted by Gasteiger charge is 2.39. The number of fused-ring (bicyclic) bond motifs is 2. The van der Waals surface area contributed by atoms with E-state index in [1.807, 2.05) is 31.3 Å². The Bertz CT molecular complexity index is 1190. The number of aryl methyl sites for hydroxylation is 1. The van der Waals surface area contributed by atoms with Gasteiger partial charge in [0.2, 0.25) is 0 Å². The molecule has 0 fully saturated rings. The molecule has 0 radical (unpaired) electrons. The third-order valence-electron chi connectivity index (χ3n) is 6.07. The standard InChI is InChI=1S/C24H25N3O2/c1-24(2)11-17-21(20(29)12-24)22(25-16-8-6-10-19(28)23(16)26-17)15-13-27(3)18-9-5-4-7-14(15)18/h4-10,13,22,25-26,28H,11-12H2,1-3H3. The summed E-state index contributed by atoms with van der Waals surface area (Å²) < 4.78 is 2.10. The van der Waals surface area contributed by atoms with E-state index in [4.69, 9.17) is 0 Å². The second kappa shape index (κ2) is 6.14. The second-order valence-electron chi connectivity index (χ2n) is 8.95. The third-order valence-corrected chi connectivity index (χ3v) is 6.07. The predicted molar refractivity (Wildman–Crippen MR) is 116 cm³/mol. The van der Waals surface area contributed by atoms with E-state index in [0.717, 1.165) is 39.8 Å². The molecule has 0 saturated carbocycles. The number of rotatable bonds is 1. The van der Waals surface area contributed by atoms with E-state index >= 15 is 0 Å². The van der Waals surface area contributed by atoms with Gasteiger partial charge in [0, 0.05) is 47.4 Å². The van der Waals surface area contributed by atoms with Crippen LogP contribution in [0.5, 0.6) is 5.75 Å². The van der Waals surface area contributed by atoms with Gasteiger partial charge in [-0.1, -0.05) is 38.1 Å². The molecule has 1 aliphatic carbocycles. The maximum Gasteiger partial charge on any atom is 0.163 e. The summed E-state index contributed by atoms with van der Waals surface area (Å²) in [6, 6.07) is 13.4. The van der Waals surface area contributed by atoms with Crippen molar-refractivity contribution >= 4 is 28.1 Å². The molecule has 1 aromatic heterocycles. The highest BCUT2D eigenvalue weighted by atomic mass is 16.3. The van der Waals surface area contributed by atoms with E-state index in [-0.39, 0.29) is 23.0 Å². The summed E-state index contributed by atoms with van der Waals surface area (Å²) in [6.07, 6.45) is 3.37. The zero-order valence-corrected chi connectivity index (χ0v) is 16.9. The molecule has 29 heavy (non-hydrogen) atoms. The van der Waals surface area contributed by atoms with Crippen molar-refractivity contribution in [1.82, 2.24) is 4.57 Å². The zero-order chi connectivity index (χ0) is 20.3. The Balaban J connectivity index is 1.77. The van der Waals surface area contributed by atoms with Crippen LogP contribution in [0, 0.1) is 5.41 Å². The van der Waals surface area contributed by atoms with Crippen molar-refractivity contribution in [3.05, 3.63) is 65.5 Å². The molecular formula is C24H25N3O2. The SMILES string of the molecule is Cn1cc(C2Nc3cccc(O)c3NC3=C2C(=O)CC(C)(C)C3)c2ccccc21. The van der Waals surface area contributed by atoms with Crippen molar-refractivity contribution in [2.75, 3.05) is 10.6 Å². The van der Waals surface area contributed by atoms with Crippen molar-refractivity contribution in [3.63, 3.8) is 0 Å². The molecule has 0 saturated heterocycles. The highest BCUT2D eigenvalue weighted by Crippen LogP contribution is 2.48. The Morgan fingerprint density at radius 2 is 1.90 bits per heavy atom. The lowest BCUT2D eigenvalue weighted by molar-refractivity contribution is -0.118. The quantitative estimate of drug-likeness (QED) is 0.508. The third kappa shape index (κ3) is 2.80. The lowest BCUT2D eigenvalue weighted by Gasteiger charge is -2.34. The molecule has 2 aliphatic rings. The van der Waals surface area contributed by atoms with Crippen LogP contribution in [-0.2, 0) is 11.8 Å². The van der Waals surface area contributed by atoms with E-state index in [2.05, 4.69) is 47.4 Å². The van der Waals surface area contributed by atoms with Crippen LogP contribution in [0.4, 0.5) is 11.4 Å². The van der Waals surface area contributed by atoms with Gasteiger partial charge in [0.05, 0.1) is 11.7 Å². The van der Waals surface area contributed by atoms with E-state index in [1.165, 1.54) is 0 Å². The largest absolute Gasteiger partial charge is 0.506 e. The normalized spacial score (nSPS) is 20.5. The number of aromatic nitrogens is 1. The van der Waals surface area contributed by atoms with Crippen LogP contribution in [0.3, 0.4) is 0 Å². The van der Waals surface area contributed by atoms with Crippen molar-refractivity contribution in [2.45, 2.75) is 32.7 Å². The minimum Gasteiger partial charge on any atom is -0.506 e. The van der Waals surface area contributed by atoms with Gasteiger partial charge in [0.25, 0.3) is 0 Å². The summed E-state index contributed by atoms with van der Waals surface area (Å²) in [5, 5.41) is 18.6. The number of nitrogens with one attached hydrogen (secondary N) is 2. The summed E-state index contributed by atoms with van der Waals surface area (Å²) in [7, 11) is 2.03. The molecule has 5 rings (SSSR count). The van der Waals surface area contributed by atoms with E-state index < -0.39 is 0 Å². The molecule has 1 atom stereocenters. The van der Waals surface area contributed by atoms with Crippen LogP contribution in [0.2, 0.25) is 0 Å². The molecule has 3 N–H and O–H groups in total. The number of carbonyl (C=O) groups is 1. The lowest BCUT2D eigenvalue weighted by atomic mass is 9.73. The molecule has 2 aromatic carbocycles. The molecular weight excluding hydrogens is 362 g/mol. The molecule has 2 heterocycles. The molecule has 148 valence electrons. The first-order valence-electron chi connectivity index (χ1n) is 10.00. The van der Waals surface area contributed by atoms with Crippen molar-refractivity contribution < 1.29 is 9.90 Å². The van der Waals surface area contributed by atoms with Gasteiger partial charge < -0.3 is 20.3 Å².